The summed E-state index contributed by atoms with van der Waals surface area (Å²) in [5, 5.41) is 6.62. The van der Waals surface area contributed by atoms with Gasteiger partial charge in [-0.05, 0) is 18.6 Å². The third-order valence-corrected chi connectivity index (χ3v) is 4.37. The van der Waals surface area contributed by atoms with E-state index in [2.05, 4.69) is 15.5 Å². The van der Waals surface area contributed by atoms with Crippen molar-refractivity contribution in [1.29, 1.82) is 0 Å². The van der Waals surface area contributed by atoms with E-state index in [-0.39, 0.29) is 31.1 Å². The average molecular weight is 417 g/mol. The maximum atomic E-state index is 11.9. The van der Waals surface area contributed by atoms with Crippen LogP contribution in [0.2, 0.25) is 0 Å². The van der Waals surface area contributed by atoms with Crippen LogP contribution >= 0.6 is 0 Å². The molecule has 1 unspecified atom stereocenters. The van der Waals surface area contributed by atoms with Gasteiger partial charge in [-0.2, -0.15) is 4.98 Å². The highest BCUT2D eigenvalue weighted by molar-refractivity contribution is 5.80. The summed E-state index contributed by atoms with van der Waals surface area (Å²) in [4.78, 5) is 28.1. The fourth-order valence-corrected chi connectivity index (χ4v) is 2.71. The summed E-state index contributed by atoms with van der Waals surface area (Å²) in [5.74, 6) is 1.60. The summed E-state index contributed by atoms with van der Waals surface area (Å²) >= 11 is 0. The van der Waals surface area contributed by atoms with Crippen molar-refractivity contribution in [3.05, 3.63) is 36.0 Å². The van der Waals surface area contributed by atoms with Crippen molar-refractivity contribution in [2.75, 3.05) is 19.8 Å². The monoisotopic (exact) mass is 417 g/mol. The maximum absolute atomic E-state index is 11.9. The number of nitrogens with zero attached hydrogens (tertiary/aromatic N) is 2. The van der Waals surface area contributed by atoms with Crippen LogP contribution in [0, 0.1) is 0 Å². The predicted octanol–water partition coefficient (Wildman–Crippen LogP) is 2.19. The fraction of sp³-hybridized carbons (Fsp3) is 0.524. The van der Waals surface area contributed by atoms with Crippen molar-refractivity contribution in [2.45, 2.75) is 51.6 Å². The van der Waals surface area contributed by atoms with Crippen molar-refractivity contribution in [2.24, 2.45) is 0 Å². The first-order chi connectivity index (χ1) is 14.3. The number of carbonyl (C=O) groups is 2. The van der Waals surface area contributed by atoms with Crippen LogP contribution in [-0.2, 0) is 26.2 Å². The van der Waals surface area contributed by atoms with E-state index in [1.54, 1.807) is 0 Å². The van der Waals surface area contributed by atoms with Gasteiger partial charge in [0.1, 0.15) is 12.7 Å². The first kappa shape index (κ1) is 21.6. The molecule has 1 aromatic carbocycles. The number of esters is 1. The molecule has 1 atom stereocenters. The Morgan fingerprint density at radius 1 is 1.23 bits per heavy atom. The molecule has 1 N–H and O–H groups in total. The molecule has 1 aliphatic heterocycles. The Kier molecular flexibility index (Phi) is 6.91. The van der Waals surface area contributed by atoms with Crippen LogP contribution in [-0.4, -0.2) is 47.9 Å². The molecule has 0 saturated carbocycles. The molecule has 9 heteroatoms. The quantitative estimate of drug-likeness (QED) is 0.651. The van der Waals surface area contributed by atoms with Crippen molar-refractivity contribution < 1.29 is 28.3 Å². The highest BCUT2D eigenvalue weighted by atomic mass is 16.6. The van der Waals surface area contributed by atoms with Gasteiger partial charge in [-0.15, -0.1) is 0 Å². The molecule has 1 amide bonds. The SMILES string of the molecule is CC(C)(C)c1noc(CCCC(=O)OCC(=O)NCC2COc3ccccc3O2)n1. The van der Waals surface area contributed by atoms with Crippen LogP contribution < -0.4 is 14.8 Å². The van der Waals surface area contributed by atoms with Gasteiger partial charge in [0, 0.05) is 18.3 Å². The van der Waals surface area contributed by atoms with Gasteiger partial charge < -0.3 is 24.1 Å². The zero-order chi connectivity index (χ0) is 21.6. The molecule has 9 nitrogen and oxygen atoms in total. The van der Waals surface area contributed by atoms with Gasteiger partial charge >= 0.3 is 5.97 Å². The second-order valence-electron chi connectivity index (χ2n) is 8.08. The van der Waals surface area contributed by atoms with Crippen molar-refractivity contribution in [3.8, 4) is 11.5 Å². The molecule has 30 heavy (non-hydrogen) atoms. The number of rotatable bonds is 8. The van der Waals surface area contributed by atoms with Crippen molar-refractivity contribution >= 4 is 11.9 Å². The average Bonchev–Trinajstić information content (AvgIpc) is 3.20. The van der Waals surface area contributed by atoms with Gasteiger partial charge in [0.2, 0.25) is 5.89 Å². The van der Waals surface area contributed by atoms with Gasteiger partial charge in [-0.1, -0.05) is 38.1 Å². The topological polar surface area (TPSA) is 113 Å². The van der Waals surface area contributed by atoms with Crippen LogP contribution in [0.4, 0.5) is 0 Å². The molecule has 1 aromatic heterocycles. The summed E-state index contributed by atoms with van der Waals surface area (Å²) in [7, 11) is 0. The second kappa shape index (κ2) is 9.60. The van der Waals surface area contributed by atoms with Crippen LogP contribution in [0.1, 0.15) is 45.3 Å². The number of hydrogen-bond acceptors (Lipinski definition) is 8. The number of aryl methyl sites for hydroxylation is 1. The summed E-state index contributed by atoms with van der Waals surface area (Å²) < 4.78 is 21.5. The Balaban J connectivity index is 1.29. The number of nitrogens with one attached hydrogen (secondary N) is 1. The third-order valence-electron chi connectivity index (χ3n) is 4.37. The van der Waals surface area contributed by atoms with Crippen LogP contribution in [0.5, 0.6) is 11.5 Å². The molecule has 2 heterocycles. The first-order valence-electron chi connectivity index (χ1n) is 9.95. The molecule has 1 aliphatic rings. The Labute approximate surface area is 175 Å². The largest absolute Gasteiger partial charge is 0.486 e. The lowest BCUT2D eigenvalue weighted by Crippen LogP contribution is -2.42. The van der Waals surface area contributed by atoms with E-state index in [1.807, 2.05) is 45.0 Å². The van der Waals surface area contributed by atoms with Crippen LogP contribution in [0.3, 0.4) is 0 Å². The minimum absolute atomic E-state index is 0.164. The molecule has 0 spiro atoms. The Morgan fingerprint density at radius 3 is 2.73 bits per heavy atom. The Bertz CT molecular complexity index is 874. The van der Waals surface area contributed by atoms with E-state index >= 15 is 0 Å². The number of para-hydroxylation sites is 2. The maximum Gasteiger partial charge on any atom is 0.306 e. The number of fused-ring (bicyclic) bond motifs is 1. The lowest BCUT2D eigenvalue weighted by Gasteiger charge is -2.26. The molecule has 0 radical (unpaired) electrons. The Hall–Kier alpha value is -3.10. The molecule has 162 valence electrons. The normalized spacial score (nSPS) is 15.5. The van der Waals surface area contributed by atoms with E-state index in [1.165, 1.54) is 0 Å². The highest BCUT2D eigenvalue weighted by Crippen LogP contribution is 2.30. The summed E-state index contributed by atoms with van der Waals surface area (Å²) in [5.41, 5.74) is -0.188. The number of aromatic nitrogens is 2. The minimum atomic E-state index is -0.452. The van der Waals surface area contributed by atoms with Gasteiger partial charge in [0.05, 0.1) is 6.54 Å². The van der Waals surface area contributed by atoms with Gasteiger partial charge in [0.15, 0.2) is 23.9 Å². The Morgan fingerprint density at radius 2 is 2.00 bits per heavy atom. The van der Waals surface area contributed by atoms with Crippen LogP contribution in [0.25, 0.3) is 0 Å². The molecule has 0 aliphatic carbocycles. The standard InChI is InChI=1S/C21H27N3O6/c1-21(2,3)20-23-18(30-24-20)9-6-10-19(26)28-13-17(25)22-11-14-12-27-15-7-4-5-8-16(15)29-14/h4-5,7-8,14H,6,9-13H2,1-3H3,(H,22,25). The molecular weight excluding hydrogens is 390 g/mol. The van der Waals surface area contributed by atoms with E-state index in [0.717, 1.165) is 0 Å². The van der Waals surface area contributed by atoms with E-state index in [0.29, 0.717) is 42.7 Å². The van der Waals surface area contributed by atoms with E-state index in [9.17, 15) is 9.59 Å². The number of benzene rings is 1. The number of amides is 1. The zero-order valence-corrected chi connectivity index (χ0v) is 17.5. The molecule has 0 saturated heterocycles. The lowest BCUT2D eigenvalue weighted by molar-refractivity contribution is -0.148. The number of ether oxygens (including phenoxy) is 3. The third kappa shape index (κ3) is 6.20. The number of carbonyl (C=O) groups excluding carboxylic acids is 2. The molecular formula is C21H27N3O6. The molecule has 2 aromatic rings. The summed E-state index contributed by atoms with van der Waals surface area (Å²) in [6, 6.07) is 7.35. The number of hydrogen-bond donors (Lipinski definition) is 1. The molecule has 0 fully saturated rings. The predicted molar refractivity (Wildman–Crippen MR) is 106 cm³/mol. The second-order valence-corrected chi connectivity index (χ2v) is 8.08. The van der Waals surface area contributed by atoms with Gasteiger partial charge in [-0.25, -0.2) is 0 Å². The van der Waals surface area contributed by atoms with Crippen LogP contribution in [0.15, 0.2) is 28.8 Å². The fourth-order valence-electron chi connectivity index (χ4n) is 2.71. The summed E-state index contributed by atoms with van der Waals surface area (Å²) in [6.45, 7) is 6.25. The van der Waals surface area contributed by atoms with E-state index < -0.39 is 11.9 Å². The first-order valence-corrected chi connectivity index (χ1v) is 9.95. The van der Waals surface area contributed by atoms with E-state index in [4.69, 9.17) is 18.7 Å². The highest BCUT2D eigenvalue weighted by Gasteiger charge is 2.22. The van der Waals surface area contributed by atoms with Gasteiger partial charge in [-0.3, -0.25) is 9.59 Å². The molecule has 3 rings (SSSR count). The molecule has 0 bridgehead atoms. The zero-order valence-electron chi connectivity index (χ0n) is 17.5. The van der Waals surface area contributed by atoms with Crippen molar-refractivity contribution in [1.82, 2.24) is 15.5 Å². The lowest BCUT2D eigenvalue weighted by atomic mass is 9.96. The van der Waals surface area contributed by atoms with Crippen molar-refractivity contribution in [3.63, 3.8) is 0 Å². The minimum Gasteiger partial charge on any atom is -0.486 e. The smallest absolute Gasteiger partial charge is 0.306 e. The van der Waals surface area contributed by atoms with Gasteiger partial charge in [0.25, 0.3) is 5.91 Å². The summed E-state index contributed by atoms with van der Waals surface area (Å²) in [6.07, 6.45) is 0.840.